The number of nitrogens with one attached hydrogen (secondary N) is 1. The van der Waals surface area contributed by atoms with Crippen LogP contribution in [-0.2, 0) is 9.53 Å². The fraction of sp³-hybridized carbons (Fsp3) is 0.150. The second kappa shape index (κ2) is 8.34. The van der Waals surface area contributed by atoms with Crippen molar-refractivity contribution in [1.29, 1.82) is 0 Å². The second-order valence-corrected chi connectivity index (χ2v) is 5.87. The molecule has 0 fully saturated rings. The zero-order valence-corrected chi connectivity index (χ0v) is 15.3. The van der Waals surface area contributed by atoms with Crippen molar-refractivity contribution >= 4 is 17.6 Å². The Balaban J connectivity index is 1.71. The largest absolute Gasteiger partial charge is 0.493 e. The van der Waals surface area contributed by atoms with E-state index in [0.29, 0.717) is 0 Å². The molecule has 3 aromatic rings. The van der Waals surface area contributed by atoms with Gasteiger partial charge in [0.2, 0.25) is 5.69 Å². The minimum Gasteiger partial charge on any atom is -0.493 e. The number of nitrogens with zero attached hydrogens (tertiary/aromatic N) is 2. The number of para-hydroxylation sites is 1. The van der Waals surface area contributed by atoms with Gasteiger partial charge in [-0.25, -0.2) is 13.9 Å². The highest BCUT2D eigenvalue weighted by Crippen LogP contribution is 2.21. The molecule has 0 radical (unpaired) electrons. The van der Waals surface area contributed by atoms with Crippen LogP contribution in [-0.4, -0.2) is 34.9 Å². The molecule has 0 bridgehead atoms. The third kappa shape index (κ3) is 4.35. The first-order chi connectivity index (χ1) is 13.5. The molecule has 1 heterocycles. The highest BCUT2D eigenvalue weighted by Gasteiger charge is 2.25. The number of halogens is 1. The Labute approximate surface area is 160 Å². The smallest absolute Gasteiger partial charge is 0.363 e. The van der Waals surface area contributed by atoms with Gasteiger partial charge in [-0.1, -0.05) is 24.3 Å². The maximum absolute atomic E-state index is 13.2. The number of hydrogen-bond acceptors (Lipinski definition) is 5. The molecular weight excluding hydrogens is 365 g/mol. The molecular formula is C20H18FN3O4. The predicted octanol–water partition coefficient (Wildman–Crippen LogP) is 3.20. The summed E-state index contributed by atoms with van der Waals surface area (Å²) in [4.78, 5) is 24.7. The number of amides is 1. The van der Waals surface area contributed by atoms with Gasteiger partial charge >= 0.3 is 5.97 Å². The maximum atomic E-state index is 13.2. The van der Waals surface area contributed by atoms with Crippen molar-refractivity contribution in [3.8, 4) is 11.4 Å². The average Bonchev–Trinajstić information content (AvgIpc) is 3.13. The number of anilines is 1. The SMILES string of the molecule is COc1cn(-c2ccccc2)nc1C(=O)O[C@H](C)C(=O)Nc1cccc(F)c1. The molecule has 8 heteroatoms. The van der Waals surface area contributed by atoms with Crippen LogP contribution < -0.4 is 10.1 Å². The summed E-state index contributed by atoms with van der Waals surface area (Å²) in [5.41, 5.74) is 0.937. The Morgan fingerprint density at radius 3 is 2.57 bits per heavy atom. The van der Waals surface area contributed by atoms with Gasteiger partial charge in [-0.15, -0.1) is 0 Å². The van der Waals surface area contributed by atoms with E-state index in [4.69, 9.17) is 9.47 Å². The molecule has 0 spiro atoms. The number of carbonyl (C=O) groups excluding carboxylic acids is 2. The summed E-state index contributed by atoms with van der Waals surface area (Å²) in [5, 5.41) is 6.68. The van der Waals surface area contributed by atoms with Gasteiger partial charge in [0.15, 0.2) is 11.9 Å². The summed E-state index contributed by atoms with van der Waals surface area (Å²) < 4.78 is 25.1. The Kier molecular flexibility index (Phi) is 5.69. The molecule has 1 aromatic heterocycles. The number of methoxy groups -OCH3 is 1. The first-order valence-corrected chi connectivity index (χ1v) is 8.44. The Bertz CT molecular complexity index is 988. The number of aromatic nitrogens is 2. The molecule has 0 aliphatic carbocycles. The molecule has 28 heavy (non-hydrogen) atoms. The molecule has 144 valence electrons. The number of hydrogen-bond donors (Lipinski definition) is 1. The van der Waals surface area contributed by atoms with Crippen molar-refractivity contribution in [3.63, 3.8) is 0 Å². The lowest BCUT2D eigenvalue weighted by molar-refractivity contribution is -0.123. The second-order valence-electron chi connectivity index (χ2n) is 5.87. The first kappa shape index (κ1) is 19.1. The van der Waals surface area contributed by atoms with E-state index in [2.05, 4.69) is 10.4 Å². The number of ether oxygens (including phenoxy) is 2. The summed E-state index contributed by atoms with van der Waals surface area (Å²) in [6.07, 6.45) is 0.422. The summed E-state index contributed by atoms with van der Waals surface area (Å²) in [6.45, 7) is 1.41. The molecule has 7 nitrogen and oxygen atoms in total. The standard InChI is InChI=1S/C20H18FN3O4/c1-13(19(25)22-15-8-6-7-14(21)11-15)28-20(26)18-17(27-2)12-24(23-18)16-9-4-3-5-10-16/h3-13H,1-2H3,(H,22,25)/t13-/m1/s1. The summed E-state index contributed by atoms with van der Waals surface area (Å²) >= 11 is 0. The van der Waals surface area contributed by atoms with Crippen LogP contribution in [0.4, 0.5) is 10.1 Å². The highest BCUT2D eigenvalue weighted by atomic mass is 19.1. The summed E-state index contributed by atoms with van der Waals surface area (Å²) in [6, 6.07) is 14.6. The van der Waals surface area contributed by atoms with Crippen LogP contribution in [0.3, 0.4) is 0 Å². The van der Waals surface area contributed by atoms with E-state index in [1.807, 2.05) is 30.3 Å². The van der Waals surface area contributed by atoms with Crippen molar-refractivity contribution < 1.29 is 23.5 Å². The third-order valence-electron chi connectivity index (χ3n) is 3.86. The minimum atomic E-state index is -1.12. The van der Waals surface area contributed by atoms with E-state index in [-0.39, 0.29) is 17.1 Å². The third-order valence-corrected chi connectivity index (χ3v) is 3.86. The molecule has 1 atom stereocenters. The molecule has 3 rings (SSSR count). The van der Waals surface area contributed by atoms with Crippen LogP contribution in [0.25, 0.3) is 5.69 Å². The molecule has 0 aliphatic rings. The molecule has 0 unspecified atom stereocenters. The number of esters is 1. The van der Waals surface area contributed by atoms with Gasteiger partial charge in [0.1, 0.15) is 5.82 Å². The number of benzene rings is 2. The van der Waals surface area contributed by atoms with Gasteiger partial charge in [0.25, 0.3) is 5.91 Å². The monoisotopic (exact) mass is 383 g/mol. The lowest BCUT2D eigenvalue weighted by atomic mass is 10.3. The zero-order valence-electron chi connectivity index (χ0n) is 15.3. The maximum Gasteiger partial charge on any atom is 0.363 e. The molecule has 0 saturated heterocycles. The lowest BCUT2D eigenvalue weighted by Crippen LogP contribution is -2.30. The highest BCUT2D eigenvalue weighted by molar-refractivity contribution is 5.97. The van der Waals surface area contributed by atoms with E-state index in [9.17, 15) is 14.0 Å². The van der Waals surface area contributed by atoms with Crippen molar-refractivity contribution in [2.45, 2.75) is 13.0 Å². The Morgan fingerprint density at radius 2 is 1.89 bits per heavy atom. The van der Waals surface area contributed by atoms with Crippen LogP contribution >= 0.6 is 0 Å². The molecule has 1 N–H and O–H groups in total. The molecule has 0 saturated carbocycles. The molecule has 2 aromatic carbocycles. The normalized spacial score (nSPS) is 11.5. The quantitative estimate of drug-likeness (QED) is 0.661. The summed E-state index contributed by atoms with van der Waals surface area (Å²) in [5.74, 6) is -1.68. The van der Waals surface area contributed by atoms with Crippen LogP contribution in [0.5, 0.6) is 5.75 Å². The van der Waals surface area contributed by atoms with Crippen LogP contribution in [0.2, 0.25) is 0 Å². The van der Waals surface area contributed by atoms with E-state index in [1.54, 1.807) is 6.20 Å². The topological polar surface area (TPSA) is 82.5 Å². The van der Waals surface area contributed by atoms with Crippen LogP contribution in [0, 0.1) is 5.82 Å². The van der Waals surface area contributed by atoms with Gasteiger partial charge in [-0.2, -0.15) is 5.10 Å². The molecule has 0 aliphatic heterocycles. The van der Waals surface area contributed by atoms with E-state index >= 15 is 0 Å². The van der Waals surface area contributed by atoms with Gasteiger partial charge < -0.3 is 14.8 Å². The fourth-order valence-electron chi connectivity index (χ4n) is 2.44. The number of carbonyl (C=O) groups is 2. The minimum absolute atomic E-state index is 0.0586. The van der Waals surface area contributed by atoms with Gasteiger partial charge in [-0.3, -0.25) is 4.79 Å². The van der Waals surface area contributed by atoms with E-state index < -0.39 is 23.8 Å². The number of rotatable bonds is 6. The summed E-state index contributed by atoms with van der Waals surface area (Å²) in [7, 11) is 1.41. The lowest BCUT2D eigenvalue weighted by Gasteiger charge is -2.13. The van der Waals surface area contributed by atoms with Crippen LogP contribution in [0.1, 0.15) is 17.4 Å². The average molecular weight is 383 g/mol. The molecule has 1 amide bonds. The van der Waals surface area contributed by atoms with Gasteiger partial charge in [-0.05, 0) is 37.3 Å². The van der Waals surface area contributed by atoms with Crippen molar-refractivity contribution in [1.82, 2.24) is 9.78 Å². The van der Waals surface area contributed by atoms with Crippen molar-refractivity contribution in [3.05, 3.63) is 72.3 Å². The van der Waals surface area contributed by atoms with Crippen molar-refractivity contribution in [2.75, 3.05) is 12.4 Å². The Morgan fingerprint density at radius 1 is 1.14 bits per heavy atom. The van der Waals surface area contributed by atoms with E-state index in [0.717, 1.165) is 11.8 Å². The fourth-order valence-corrected chi connectivity index (χ4v) is 2.44. The van der Waals surface area contributed by atoms with Gasteiger partial charge in [0, 0.05) is 5.69 Å². The zero-order chi connectivity index (χ0) is 20.1. The first-order valence-electron chi connectivity index (χ1n) is 8.44. The Hall–Kier alpha value is -3.68. The van der Waals surface area contributed by atoms with Gasteiger partial charge in [0.05, 0.1) is 19.0 Å². The van der Waals surface area contributed by atoms with Crippen molar-refractivity contribution in [2.24, 2.45) is 0 Å². The predicted molar refractivity (Wildman–Crippen MR) is 100 cm³/mol. The van der Waals surface area contributed by atoms with E-state index in [1.165, 1.54) is 36.9 Å². The van der Waals surface area contributed by atoms with Crippen LogP contribution in [0.15, 0.2) is 60.8 Å².